The summed E-state index contributed by atoms with van der Waals surface area (Å²) >= 11 is 6.33. The summed E-state index contributed by atoms with van der Waals surface area (Å²) < 4.78 is 1.89. The molecule has 1 N–H and O–H groups in total. The highest BCUT2D eigenvalue weighted by Crippen LogP contribution is 2.29. The van der Waals surface area contributed by atoms with Gasteiger partial charge >= 0.3 is 0 Å². The topological polar surface area (TPSA) is 45.5 Å². The predicted molar refractivity (Wildman–Crippen MR) is 134 cm³/mol. The molecular weight excluding hydrogens is 418 g/mol. The van der Waals surface area contributed by atoms with Crippen LogP contribution in [-0.4, -0.2) is 29.8 Å². The smallest absolute Gasteiger partial charge is 0.206 e. The number of unbranched alkanes of at least 4 members (excludes halogenated alkanes) is 1. The SMILES string of the molecule is CC(CCCCN=c1nc(Cl)n(C)c2c1NCN2C)=C(c1ccccc1)c1ccccc1. The Bertz CT molecular complexity index is 1120. The van der Waals surface area contributed by atoms with Crippen LogP contribution < -0.4 is 15.7 Å². The molecule has 6 heteroatoms. The van der Waals surface area contributed by atoms with E-state index in [-0.39, 0.29) is 0 Å². The van der Waals surface area contributed by atoms with Gasteiger partial charge in [-0.05, 0) is 54.5 Å². The Balaban J connectivity index is 1.47. The molecule has 0 spiro atoms. The number of anilines is 2. The summed E-state index contributed by atoms with van der Waals surface area (Å²) in [5.41, 5.74) is 6.93. The Morgan fingerprint density at radius 3 is 2.25 bits per heavy atom. The Kier molecular flexibility index (Phi) is 6.96. The van der Waals surface area contributed by atoms with E-state index in [4.69, 9.17) is 16.6 Å². The van der Waals surface area contributed by atoms with E-state index in [2.05, 4.69) is 82.8 Å². The summed E-state index contributed by atoms with van der Waals surface area (Å²) in [6, 6.07) is 21.3. The fraction of sp³-hybridized carbons (Fsp3) is 0.308. The molecule has 0 atom stereocenters. The second-order valence-electron chi connectivity index (χ2n) is 8.22. The highest BCUT2D eigenvalue weighted by atomic mass is 35.5. The molecule has 1 aromatic heterocycles. The lowest BCUT2D eigenvalue weighted by atomic mass is 9.91. The molecule has 0 unspecified atom stereocenters. The molecule has 32 heavy (non-hydrogen) atoms. The second-order valence-corrected chi connectivity index (χ2v) is 8.56. The molecule has 0 saturated carbocycles. The first-order valence-corrected chi connectivity index (χ1v) is 11.5. The number of halogens is 1. The van der Waals surface area contributed by atoms with E-state index in [0.29, 0.717) is 10.8 Å². The monoisotopic (exact) mass is 447 g/mol. The fourth-order valence-electron chi connectivity index (χ4n) is 4.25. The van der Waals surface area contributed by atoms with Crippen LogP contribution in [0.3, 0.4) is 0 Å². The molecule has 0 radical (unpaired) electrons. The second kappa shape index (κ2) is 10.0. The van der Waals surface area contributed by atoms with Crippen LogP contribution in [0.25, 0.3) is 5.57 Å². The highest BCUT2D eigenvalue weighted by molar-refractivity contribution is 6.28. The number of hydrogen-bond donors (Lipinski definition) is 1. The summed E-state index contributed by atoms with van der Waals surface area (Å²) in [6.07, 6.45) is 3.10. The highest BCUT2D eigenvalue weighted by Gasteiger charge is 2.21. The molecular formula is C26H30ClN5. The molecule has 0 bridgehead atoms. The number of fused-ring (bicyclic) bond motifs is 1. The van der Waals surface area contributed by atoms with Gasteiger partial charge in [0.25, 0.3) is 0 Å². The summed E-state index contributed by atoms with van der Waals surface area (Å²) in [4.78, 5) is 11.4. The van der Waals surface area contributed by atoms with Gasteiger partial charge in [-0.2, -0.15) is 4.98 Å². The van der Waals surface area contributed by atoms with Gasteiger partial charge in [0, 0.05) is 20.6 Å². The number of hydrogen-bond acceptors (Lipinski definition) is 4. The van der Waals surface area contributed by atoms with E-state index in [0.717, 1.165) is 44.0 Å². The van der Waals surface area contributed by atoms with Crippen molar-refractivity contribution in [3.05, 3.63) is 88.1 Å². The van der Waals surface area contributed by atoms with Crippen molar-refractivity contribution in [1.82, 2.24) is 9.55 Å². The van der Waals surface area contributed by atoms with Gasteiger partial charge in [0.15, 0.2) is 5.49 Å². The van der Waals surface area contributed by atoms with Crippen LogP contribution >= 0.6 is 11.6 Å². The molecule has 0 amide bonds. The van der Waals surface area contributed by atoms with Crippen LogP contribution in [0.4, 0.5) is 11.5 Å². The van der Waals surface area contributed by atoms with Gasteiger partial charge in [-0.3, -0.25) is 4.99 Å². The maximum absolute atomic E-state index is 6.33. The Hall–Kier alpha value is -3.05. The summed E-state index contributed by atoms with van der Waals surface area (Å²) in [5.74, 6) is 1.03. The first-order chi connectivity index (χ1) is 15.6. The van der Waals surface area contributed by atoms with E-state index < -0.39 is 0 Å². The molecule has 4 rings (SSSR count). The van der Waals surface area contributed by atoms with Crippen LogP contribution in [0.5, 0.6) is 0 Å². The van der Waals surface area contributed by atoms with Crippen molar-refractivity contribution in [3.63, 3.8) is 0 Å². The quantitative estimate of drug-likeness (QED) is 0.385. The van der Waals surface area contributed by atoms with Gasteiger partial charge in [0.05, 0.1) is 6.67 Å². The van der Waals surface area contributed by atoms with E-state index in [1.807, 2.05) is 18.7 Å². The van der Waals surface area contributed by atoms with E-state index in [1.54, 1.807) is 0 Å². The minimum atomic E-state index is 0.451. The lowest BCUT2D eigenvalue weighted by Crippen LogP contribution is -2.20. The van der Waals surface area contributed by atoms with Crippen molar-refractivity contribution in [3.8, 4) is 0 Å². The summed E-state index contributed by atoms with van der Waals surface area (Å²) in [7, 11) is 3.96. The molecule has 3 aromatic rings. The molecule has 0 fully saturated rings. The number of rotatable bonds is 7. The average molecular weight is 448 g/mol. The van der Waals surface area contributed by atoms with Crippen molar-refractivity contribution in [2.75, 3.05) is 30.5 Å². The third-order valence-corrected chi connectivity index (χ3v) is 6.21. The number of allylic oxidation sites excluding steroid dienone is 1. The third-order valence-electron chi connectivity index (χ3n) is 5.87. The molecule has 2 aromatic carbocycles. The van der Waals surface area contributed by atoms with Gasteiger partial charge in [-0.1, -0.05) is 66.2 Å². The zero-order chi connectivity index (χ0) is 22.5. The molecule has 0 saturated heterocycles. The van der Waals surface area contributed by atoms with Gasteiger partial charge in [0.1, 0.15) is 11.5 Å². The number of nitrogens with one attached hydrogen (secondary N) is 1. The van der Waals surface area contributed by atoms with Crippen LogP contribution in [0.2, 0.25) is 5.28 Å². The minimum absolute atomic E-state index is 0.451. The maximum atomic E-state index is 6.33. The summed E-state index contributed by atoms with van der Waals surface area (Å²) in [5, 5.41) is 3.83. The lowest BCUT2D eigenvalue weighted by molar-refractivity contribution is 0.727. The predicted octanol–water partition coefficient (Wildman–Crippen LogP) is 5.49. The average Bonchev–Trinajstić information content (AvgIpc) is 3.20. The first-order valence-electron chi connectivity index (χ1n) is 11.1. The van der Waals surface area contributed by atoms with E-state index in [1.165, 1.54) is 22.3 Å². The zero-order valence-electron chi connectivity index (χ0n) is 19.0. The number of benzene rings is 2. The first kappa shape index (κ1) is 22.2. The molecule has 2 heterocycles. The maximum Gasteiger partial charge on any atom is 0.206 e. The number of aromatic nitrogens is 2. The van der Waals surface area contributed by atoms with Gasteiger partial charge in [-0.25, -0.2) is 0 Å². The standard InChI is InChI=1S/C26H30ClN5/c1-19(22(20-13-6-4-7-14-20)21-15-8-5-9-16-21)12-10-11-17-28-24-23-25(31(2)18-29-23)32(3)26(27)30-24/h4-9,13-16,29H,10-12,17-18H2,1-3H3. The minimum Gasteiger partial charge on any atom is -0.362 e. The molecule has 1 aliphatic rings. The van der Waals surface area contributed by atoms with Gasteiger partial charge in [-0.15, -0.1) is 0 Å². The van der Waals surface area contributed by atoms with Crippen LogP contribution in [-0.2, 0) is 7.05 Å². The van der Waals surface area contributed by atoms with Crippen molar-refractivity contribution >= 4 is 28.7 Å². The molecule has 0 aliphatic carbocycles. The van der Waals surface area contributed by atoms with Crippen LogP contribution in [0.15, 0.2) is 71.2 Å². The van der Waals surface area contributed by atoms with Crippen molar-refractivity contribution in [1.29, 1.82) is 0 Å². The lowest BCUT2D eigenvalue weighted by Gasteiger charge is -2.15. The Morgan fingerprint density at radius 2 is 1.62 bits per heavy atom. The van der Waals surface area contributed by atoms with Crippen molar-refractivity contribution in [2.24, 2.45) is 12.0 Å². The van der Waals surface area contributed by atoms with Gasteiger partial charge < -0.3 is 14.8 Å². The zero-order valence-corrected chi connectivity index (χ0v) is 19.7. The van der Waals surface area contributed by atoms with Crippen molar-refractivity contribution < 1.29 is 0 Å². The summed E-state index contributed by atoms with van der Waals surface area (Å²) in [6.45, 7) is 3.71. The Labute approximate surface area is 195 Å². The molecule has 1 aliphatic heterocycles. The normalized spacial score (nSPS) is 13.1. The molecule has 5 nitrogen and oxygen atoms in total. The van der Waals surface area contributed by atoms with Crippen LogP contribution in [0.1, 0.15) is 37.3 Å². The third kappa shape index (κ3) is 4.73. The number of nitrogens with zero attached hydrogens (tertiary/aromatic N) is 4. The van der Waals surface area contributed by atoms with Crippen molar-refractivity contribution in [2.45, 2.75) is 26.2 Å². The molecule has 166 valence electrons. The van der Waals surface area contributed by atoms with E-state index >= 15 is 0 Å². The van der Waals surface area contributed by atoms with Gasteiger partial charge in [0.2, 0.25) is 5.28 Å². The van der Waals surface area contributed by atoms with E-state index in [9.17, 15) is 0 Å². The fourth-order valence-corrected chi connectivity index (χ4v) is 4.41. The largest absolute Gasteiger partial charge is 0.362 e. The van der Waals surface area contributed by atoms with Crippen LogP contribution in [0, 0.1) is 0 Å². The Morgan fingerprint density at radius 1 is 1.00 bits per heavy atom.